The fraction of sp³-hybridized carbons (Fsp3) is 0.190. The Balaban J connectivity index is 1.83. The number of aromatic nitrogens is 3. The summed E-state index contributed by atoms with van der Waals surface area (Å²) in [6.07, 6.45) is 0.106. The molecule has 0 aliphatic heterocycles. The van der Waals surface area contributed by atoms with Crippen molar-refractivity contribution in [2.45, 2.75) is 30.7 Å². The van der Waals surface area contributed by atoms with E-state index < -0.39 is 45.7 Å². The van der Waals surface area contributed by atoms with Gasteiger partial charge in [0, 0.05) is 18.6 Å². The van der Waals surface area contributed by atoms with Crippen molar-refractivity contribution in [3.05, 3.63) is 64.0 Å². The monoisotopic (exact) mass is 495 g/mol. The Labute approximate surface area is 194 Å². The average Bonchev–Trinajstić information content (AvgIpc) is 2.79. The molecular weight excluding hydrogens is 478 g/mol. The second-order valence-corrected chi connectivity index (χ2v) is 8.07. The molecule has 34 heavy (non-hydrogen) atoms. The van der Waals surface area contributed by atoms with E-state index in [1.54, 1.807) is 31.2 Å². The number of H-pyrrole nitrogens is 1. The van der Waals surface area contributed by atoms with Crippen LogP contribution < -0.4 is 16.2 Å². The van der Waals surface area contributed by atoms with Gasteiger partial charge in [0.1, 0.15) is 5.69 Å². The number of thioether (sulfide) groups is 1. The second kappa shape index (κ2) is 10.5. The van der Waals surface area contributed by atoms with Gasteiger partial charge < -0.3 is 10.6 Å². The first-order valence-corrected chi connectivity index (χ1v) is 10.6. The molecule has 0 bridgehead atoms. The van der Waals surface area contributed by atoms with Crippen LogP contribution in [0.25, 0.3) is 11.3 Å². The van der Waals surface area contributed by atoms with Crippen LogP contribution in [0.5, 0.6) is 0 Å². The SMILES string of the molecule is CC[C@@H](Sc1nnc(-c2ccccc2NC(C)=O)c(=O)[nH]1)C(=O)Nc1c(F)c(F)cc(F)c1F. The predicted molar refractivity (Wildman–Crippen MR) is 117 cm³/mol. The van der Waals surface area contributed by atoms with Gasteiger partial charge in [-0.2, -0.15) is 0 Å². The average molecular weight is 495 g/mol. The lowest BCUT2D eigenvalue weighted by Gasteiger charge is -2.15. The third-order valence-corrected chi connectivity index (χ3v) is 5.69. The minimum atomic E-state index is -1.75. The fourth-order valence-corrected chi connectivity index (χ4v) is 3.72. The third kappa shape index (κ3) is 5.42. The van der Waals surface area contributed by atoms with Crippen molar-refractivity contribution in [1.82, 2.24) is 15.2 Å². The third-order valence-electron chi connectivity index (χ3n) is 4.45. The summed E-state index contributed by atoms with van der Waals surface area (Å²) in [7, 11) is 0. The predicted octanol–water partition coefficient (Wildman–Crippen LogP) is 3.86. The minimum Gasteiger partial charge on any atom is -0.326 e. The Bertz CT molecular complexity index is 1290. The van der Waals surface area contributed by atoms with Gasteiger partial charge in [-0.05, 0) is 12.5 Å². The molecule has 0 saturated carbocycles. The van der Waals surface area contributed by atoms with Gasteiger partial charge in [0.2, 0.25) is 11.8 Å². The Morgan fingerprint density at radius 2 is 1.71 bits per heavy atom. The highest BCUT2D eigenvalue weighted by Gasteiger charge is 2.26. The number of nitrogens with zero attached hydrogens (tertiary/aromatic N) is 2. The van der Waals surface area contributed by atoms with E-state index in [-0.39, 0.29) is 29.2 Å². The molecule has 0 aliphatic carbocycles. The number of nitrogens with one attached hydrogen (secondary N) is 3. The Hall–Kier alpha value is -3.74. The van der Waals surface area contributed by atoms with E-state index in [2.05, 4.69) is 20.5 Å². The molecule has 1 atom stereocenters. The van der Waals surface area contributed by atoms with E-state index in [0.717, 1.165) is 11.8 Å². The second-order valence-electron chi connectivity index (χ2n) is 6.88. The zero-order valence-electron chi connectivity index (χ0n) is 17.7. The molecule has 178 valence electrons. The summed E-state index contributed by atoms with van der Waals surface area (Å²) in [5, 5.41) is 11.0. The fourth-order valence-electron chi connectivity index (χ4n) is 2.88. The molecule has 0 fully saturated rings. The lowest BCUT2D eigenvalue weighted by atomic mass is 10.1. The Morgan fingerprint density at radius 3 is 2.29 bits per heavy atom. The zero-order chi connectivity index (χ0) is 25.0. The number of carbonyl (C=O) groups is 2. The molecule has 2 amide bonds. The summed E-state index contributed by atoms with van der Waals surface area (Å²) >= 11 is 0.726. The molecular formula is C21H17F4N5O3S. The quantitative estimate of drug-likeness (QED) is 0.260. The topological polar surface area (TPSA) is 117 Å². The van der Waals surface area contributed by atoms with Gasteiger partial charge in [-0.25, -0.2) is 17.6 Å². The highest BCUT2D eigenvalue weighted by atomic mass is 32.2. The normalized spacial score (nSPS) is 11.7. The molecule has 1 heterocycles. The lowest BCUT2D eigenvalue weighted by molar-refractivity contribution is -0.116. The van der Waals surface area contributed by atoms with Crippen LogP contribution in [0.15, 0.2) is 40.3 Å². The summed E-state index contributed by atoms with van der Waals surface area (Å²) < 4.78 is 54.5. The number of halogens is 4. The van der Waals surface area contributed by atoms with Crippen LogP contribution in [0.3, 0.4) is 0 Å². The van der Waals surface area contributed by atoms with Gasteiger partial charge >= 0.3 is 0 Å². The highest BCUT2D eigenvalue weighted by Crippen LogP contribution is 2.28. The molecule has 3 aromatic rings. The number of benzene rings is 2. The van der Waals surface area contributed by atoms with Crippen molar-refractivity contribution >= 4 is 35.0 Å². The maximum atomic E-state index is 13.9. The van der Waals surface area contributed by atoms with Crippen LogP contribution >= 0.6 is 11.8 Å². The lowest BCUT2D eigenvalue weighted by Crippen LogP contribution is -2.27. The van der Waals surface area contributed by atoms with Crippen molar-refractivity contribution in [1.29, 1.82) is 0 Å². The maximum Gasteiger partial charge on any atom is 0.278 e. The molecule has 2 aromatic carbocycles. The molecule has 8 nitrogen and oxygen atoms in total. The first-order chi connectivity index (χ1) is 16.1. The Morgan fingerprint density at radius 1 is 1.06 bits per heavy atom. The first kappa shape index (κ1) is 24.9. The van der Waals surface area contributed by atoms with Crippen LogP contribution in [-0.4, -0.2) is 32.2 Å². The maximum absolute atomic E-state index is 13.9. The largest absolute Gasteiger partial charge is 0.326 e. The number of carbonyl (C=O) groups excluding carboxylic acids is 2. The zero-order valence-corrected chi connectivity index (χ0v) is 18.5. The summed E-state index contributed by atoms with van der Waals surface area (Å²) in [6.45, 7) is 2.87. The number of rotatable bonds is 7. The van der Waals surface area contributed by atoms with Crippen molar-refractivity contribution in [2.24, 2.45) is 0 Å². The van der Waals surface area contributed by atoms with Crippen LogP contribution in [0, 0.1) is 23.3 Å². The van der Waals surface area contributed by atoms with Gasteiger partial charge in [-0.1, -0.05) is 36.9 Å². The van der Waals surface area contributed by atoms with E-state index >= 15 is 0 Å². The van der Waals surface area contributed by atoms with Crippen LogP contribution in [0.2, 0.25) is 0 Å². The van der Waals surface area contributed by atoms with Gasteiger partial charge in [0.25, 0.3) is 5.56 Å². The number of hydrogen-bond donors (Lipinski definition) is 3. The number of anilines is 2. The van der Waals surface area contributed by atoms with Gasteiger partial charge in [-0.3, -0.25) is 19.4 Å². The molecule has 0 aliphatic rings. The Kier molecular flexibility index (Phi) is 7.66. The summed E-state index contributed by atoms with van der Waals surface area (Å²) in [5.41, 5.74) is -1.37. The molecule has 0 spiro atoms. The van der Waals surface area contributed by atoms with E-state index in [1.807, 2.05) is 5.32 Å². The number of aromatic amines is 1. The van der Waals surface area contributed by atoms with Crippen molar-refractivity contribution in [3.63, 3.8) is 0 Å². The molecule has 3 rings (SSSR count). The highest BCUT2D eigenvalue weighted by molar-refractivity contribution is 8.00. The first-order valence-electron chi connectivity index (χ1n) is 9.76. The molecule has 0 saturated heterocycles. The number of para-hydroxylation sites is 1. The van der Waals surface area contributed by atoms with Crippen molar-refractivity contribution < 1.29 is 27.2 Å². The van der Waals surface area contributed by atoms with E-state index in [9.17, 15) is 31.9 Å². The summed E-state index contributed by atoms with van der Waals surface area (Å²) in [5.74, 6) is -8.16. The molecule has 1 aromatic heterocycles. The molecule has 0 unspecified atom stereocenters. The summed E-state index contributed by atoms with van der Waals surface area (Å²) in [4.78, 5) is 39.0. The minimum absolute atomic E-state index is 0.0261. The molecule has 0 radical (unpaired) electrons. The molecule has 13 heteroatoms. The van der Waals surface area contributed by atoms with Crippen LogP contribution in [-0.2, 0) is 9.59 Å². The van der Waals surface area contributed by atoms with Gasteiger partial charge in [-0.15, -0.1) is 10.2 Å². The van der Waals surface area contributed by atoms with E-state index in [1.165, 1.54) is 6.92 Å². The van der Waals surface area contributed by atoms with Crippen LogP contribution in [0.4, 0.5) is 28.9 Å². The standard InChI is InChI=1S/C21H17F4N5O3S/c1-3-14(19(32)27-18-15(24)11(22)8-12(23)16(18)25)34-21-28-20(33)17(29-30-21)10-6-4-5-7-13(10)26-9(2)31/h4-8,14H,3H2,1-2H3,(H,26,31)(H,27,32)(H,28,30,33)/t14-/m1/s1. The van der Waals surface area contributed by atoms with Gasteiger partial charge in [0.05, 0.1) is 10.9 Å². The number of amides is 2. The van der Waals surface area contributed by atoms with Crippen molar-refractivity contribution in [2.75, 3.05) is 10.6 Å². The van der Waals surface area contributed by atoms with Crippen molar-refractivity contribution in [3.8, 4) is 11.3 Å². The van der Waals surface area contributed by atoms with Crippen LogP contribution in [0.1, 0.15) is 20.3 Å². The number of hydrogen-bond acceptors (Lipinski definition) is 6. The summed E-state index contributed by atoms with van der Waals surface area (Å²) in [6, 6.07) is 6.45. The van der Waals surface area contributed by atoms with E-state index in [0.29, 0.717) is 11.3 Å². The van der Waals surface area contributed by atoms with E-state index in [4.69, 9.17) is 0 Å². The molecule has 3 N–H and O–H groups in total. The smallest absolute Gasteiger partial charge is 0.278 e. The van der Waals surface area contributed by atoms with Gasteiger partial charge in [0.15, 0.2) is 34.1 Å².